The first kappa shape index (κ1) is 18.2. The third kappa shape index (κ3) is 4.91. The molecule has 0 saturated carbocycles. The van der Waals surface area contributed by atoms with Crippen molar-refractivity contribution in [2.24, 2.45) is 7.05 Å². The van der Waals surface area contributed by atoms with Crippen LogP contribution in [0, 0.1) is 11.8 Å². The third-order valence-corrected chi connectivity index (χ3v) is 4.47. The molecular formula is C17H22N4O2S. The molecule has 2 aromatic heterocycles. The molecule has 0 amide bonds. The molecule has 2 aromatic rings. The summed E-state index contributed by atoms with van der Waals surface area (Å²) in [6.45, 7) is 8.56. The first-order chi connectivity index (χ1) is 11.5. The summed E-state index contributed by atoms with van der Waals surface area (Å²) in [4.78, 5) is 19.1. The number of aromatic nitrogens is 3. The molecule has 0 radical (unpaired) electrons. The maximum atomic E-state index is 12.2. The quantitative estimate of drug-likeness (QED) is 0.594. The molecule has 0 N–H and O–H groups in total. The van der Waals surface area contributed by atoms with Crippen molar-refractivity contribution >= 4 is 17.3 Å². The first-order valence-corrected chi connectivity index (χ1v) is 8.71. The molecule has 0 aromatic carbocycles. The smallest absolute Gasteiger partial charge is 0.351 e. The van der Waals surface area contributed by atoms with Crippen LogP contribution in [-0.2, 0) is 11.8 Å². The highest BCUT2D eigenvalue weighted by molar-refractivity contribution is 7.16. The van der Waals surface area contributed by atoms with Gasteiger partial charge in [-0.25, -0.2) is 9.78 Å². The molecule has 0 fully saturated rings. The summed E-state index contributed by atoms with van der Waals surface area (Å²) in [7, 11) is 1.84. The van der Waals surface area contributed by atoms with Gasteiger partial charge in [-0.05, 0) is 20.0 Å². The average molecular weight is 346 g/mol. The summed E-state index contributed by atoms with van der Waals surface area (Å²) in [5.74, 6) is 5.62. The van der Waals surface area contributed by atoms with E-state index in [0.29, 0.717) is 11.4 Å². The van der Waals surface area contributed by atoms with E-state index in [2.05, 4.69) is 40.7 Å². The minimum Gasteiger partial charge on any atom is -0.445 e. The Bertz CT molecular complexity index is 737. The molecule has 0 aliphatic carbocycles. The molecule has 128 valence electrons. The van der Waals surface area contributed by atoms with Crippen molar-refractivity contribution in [2.45, 2.75) is 26.9 Å². The maximum absolute atomic E-state index is 12.2. The minimum absolute atomic E-state index is 0.396. The number of hydrogen-bond acceptors (Lipinski definition) is 6. The zero-order valence-electron chi connectivity index (χ0n) is 14.4. The van der Waals surface area contributed by atoms with Crippen LogP contribution < -0.4 is 0 Å². The van der Waals surface area contributed by atoms with E-state index in [1.165, 1.54) is 17.5 Å². The second-order valence-corrected chi connectivity index (χ2v) is 6.29. The zero-order valence-corrected chi connectivity index (χ0v) is 15.3. The lowest BCUT2D eigenvalue weighted by molar-refractivity contribution is 0.0444. The predicted octanol–water partition coefficient (Wildman–Crippen LogP) is 2.43. The largest absolute Gasteiger partial charge is 0.445 e. The molecule has 2 heterocycles. The zero-order chi connectivity index (χ0) is 17.5. The summed E-state index contributed by atoms with van der Waals surface area (Å²) < 4.78 is 7.06. The number of nitrogens with zero attached hydrogens (tertiary/aromatic N) is 4. The standard InChI is InChI=1S/C17H22N4O2S/c1-5-21(6-2)9-7-8-13(3)23-17(22)15-11-18-16(24-15)14-10-19-20(4)12-14/h10-13H,5-6,9H2,1-4H3. The minimum atomic E-state index is -0.447. The van der Waals surface area contributed by atoms with E-state index in [1.807, 2.05) is 13.2 Å². The topological polar surface area (TPSA) is 60.2 Å². The van der Waals surface area contributed by atoms with Gasteiger partial charge in [-0.3, -0.25) is 9.58 Å². The Morgan fingerprint density at radius 3 is 2.79 bits per heavy atom. The molecule has 1 unspecified atom stereocenters. The van der Waals surface area contributed by atoms with Gasteiger partial charge in [0, 0.05) is 18.8 Å². The van der Waals surface area contributed by atoms with Crippen molar-refractivity contribution in [1.29, 1.82) is 0 Å². The molecule has 2 rings (SSSR count). The van der Waals surface area contributed by atoms with E-state index in [-0.39, 0.29) is 0 Å². The van der Waals surface area contributed by atoms with Gasteiger partial charge in [0.25, 0.3) is 0 Å². The van der Waals surface area contributed by atoms with E-state index in [9.17, 15) is 4.79 Å². The van der Waals surface area contributed by atoms with Crippen LogP contribution in [0.3, 0.4) is 0 Å². The number of thiazole rings is 1. The number of carbonyl (C=O) groups excluding carboxylic acids is 1. The van der Waals surface area contributed by atoms with Crippen molar-refractivity contribution < 1.29 is 9.53 Å². The Balaban J connectivity index is 1.93. The van der Waals surface area contributed by atoms with Gasteiger partial charge in [0.15, 0.2) is 6.10 Å². The summed E-state index contributed by atoms with van der Waals surface area (Å²) >= 11 is 1.29. The van der Waals surface area contributed by atoms with E-state index in [0.717, 1.165) is 23.7 Å². The Labute approximate surface area is 146 Å². The highest BCUT2D eigenvalue weighted by Gasteiger charge is 2.15. The summed E-state index contributed by atoms with van der Waals surface area (Å²) in [6.07, 6.45) is 4.66. The molecule has 7 heteroatoms. The van der Waals surface area contributed by atoms with Crippen LogP contribution in [0.2, 0.25) is 0 Å². The fraction of sp³-hybridized carbons (Fsp3) is 0.471. The number of aryl methyl sites for hydroxylation is 1. The van der Waals surface area contributed by atoms with E-state index < -0.39 is 12.1 Å². The summed E-state index contributed by atoms with van der Waals surface area (Å²) in [5, 5.41) is 4.85. The lowest BCUT2D eigenvalue weighted by atomic mass is 10.4. The molecule has 0 aliphatic rings. The maximum Gasteiger partial charge on any atom is 0.351 e. The molecule has 1 atom stereocenters. The number of rotatable bonds is 6. The van der Waals surface area contributed by atoms with Gasteiger partial charge in [0.1, 0.15) is 9.88 Å². The third-order valence-electron chi connectivity index (χ3n) is 3.44. The van der Waals surface area contributed by atoms with Gasteiger partial charge in [-0.15, -0.1) is 11.3 Å². The van der Waals surface area contributed by atoms with Crippen LogP contribution in [0.1, 0.15) is 30.4 Å². The number of hydrogen-bond donors (Lipinski definition) is 0. The molecule has 24 heavy (non-hydrogen) atoms. The summed E-state index contributed by atoms with van der Waals surface area (Å²) in [5.41, 5.74) is 0.883. The van der Waals surface area contributed by atoms with Gasteiger partial charge in [0.05, 0.1) is 18.9 Å². The van der Waals surface area contributed by atoms with Crippen LogP contribution >= 0.6 is 11.3 Å². The normalized spacial score (nSPS) is 11.9. The van der Waals surface area contributed by atoms with Gasteiger partial charge in [0.2, 0.25) is 0 Å². The van der Waals surface area contributed by atoms with Gasteiger partial charge >= 0.3 is 5.97 Å². The van der Waals surface area contributed by atoms with Crippen molar-refractivity contribution in [3.05, 3.63) is 23.5 Å². The number of esters is 1. The monoisotopic (exact) mass is 346 g/mol. The molecule has 0 spiro atoms. The second kappa shape index (κ2) is 8.62. The lowest BCUT2D eigenvalue weighted by Crippen LogP contribution is -2.23. The van der Waals surface area contributed by atoms with Crippen LogP contribution in [0.4, 0.5) is 0 Å². The molecule has 0 saturated heterocycles. The van der Waals surface area contributed by atoms with E-state index in [4.69, 9.17) is 4.74 Å². The lowest BCUT2D eigenvalue weighted by Gasteiger charge is -2.13. The molecular weight excluding hydrogens is 324 g/mol. The van der Waals surface area contributed by atoms with Gasteiger partial charge < -0.3 is 4.74 Å². The van der Waals surface area contributed by atoms with Gasteiger partial charge in [-0.2, -0.15) is 5.10 Å². The van der Waals surface area contributed by atoms with Gasteiger partial charge in [-0.1, -0.05) is 25.7 Å². The number of carbonyl (C=O) groups is 1. The van der Waals surface area contributed by atoms with Crippen LogP contribution in [0.5, 0.6) is 0 Å². The SMILES string of the molecule is CCN(CC)CC#CC(C)OC(=O)c1cnc(-c2cnn(C)c2)s1. The Hall–Kier alpha value is -2.17. The predicted molar refractivity (Wildman–Crippen MR) is 94.8 cm³/mol. The van der Waals surface area contributed by atoms with Crippen molar-refractivity contribution in [3.63, 3.8) is 0 Å². The molecule has 0 aliphatic heterocycles. The Morgan fingerprint density at radius 2 is 2.17 bits per heavy atom. The molecule has 0 bridgehead atoms. The fourth-order valence-corrected chi connectivity index (χ4v) is 2.80. The van der Waals surface area contributed by atoms with Crippen molar-refractivity contribution in [3.8, 4) is 22.4 Å². The van der Waals surface area contributed by atoms with Crippen LogP contribution in [0.15, 0.2) is 18.6 Å². The second-order valence-electron chi connectivity index (χ2n) is 5.26. The number of ether oxygens (including phenoxy) is 1. The van der Waals surface area contributed by atoms with E-state index in [1.54, 1.807) is 17.8 Å². The van der Waals surface area contributed by atoms with Crippen LogP contribution in [0.25, 0.3) is 10.6 Å². The Morgan fingerprint density at radius 1 is 1.42 bits per heavy atom. The molecule has 6 nitrogen and oxygen atoms in total. The van der Waals surface area contributed by atoms with Crippen LogP contribution in [-0.4, -0.2) is 51.4 Å². The summed E-state index contributed by atoms with van der Waals surface area (Å²) in [6, 6.07) is 0. The van der Waals surface area contributed by atoms with Crippen molar-refractivity contribution in [1.82, 2.24) is 19.7 Å². The highest BCUT2D eigenvalue weighted by atomic mass is 32.1. The average Bonchev–Trinajstić information content (AvgIpc) is 3.20. The van der Waals surface area contributed by atoms with Crippen molar-refractivity contribution in [2.75, 3.05) is 19.6 Å². The highest BCUT2D eigenvalue weighted by Crippen LogP contribution is 2.25. The van der Waals surface area contributed by atoms with E-state index >= 15 is 0 Å². The first-order valence-electron chi connectivity index (χ1n) is 7.90. The fourth-order valence-electron chi connectivity index (χ4n) is 2.03. The Kier molecular flexibility index (Phi) is 6.53.